The number of carbonyl (C=O) groups is 3. The number of hydrogen-bond donors (Lipinski definition) is 3. The molecule has 0 aromatic heterocycles. The van der Waals surface area contributed by atoms with E-state index >= 15 is 0 Å². The van der Waals surface area contributed by atoms with E-state index in [0.717, 1.165) is 13.1 Å². The van der Waals surface area contributed by atoms with E-state index in [9.17, 15) is 14.4 Å². The molecule has 1 aromatic carbocycles. The van der Waals surface area contributed by atoms with Gasteiger partial charge in [0, 0.05) is 24.2 Å². The van der Waals surface area contributed by atoms with E-state index in [4.69, 9.17) is 0 Å². The number of benzene rings is 1. The molecule has 1 heterocycles. The SMILES string of the molecule is COC(=O)CCNC(=O)c1ccc(NC(=O)CC(C)C2CCCNC2)cc1. The van der Waals surface area contributed by atoms with Gasteiger partial charge in [-0.3, -0.25) is 14.4 Å². The smallest absolute Gasteiger partial charge is 0.307 e. The quantitative estimate of drug-likeness (QED) is 0.604. The lowest BCUT2D eigenvalue weighted by Crippen LogP contribution is -2.34. The van der Waals surface area contributed by atoms with Gasteiger partial charge in [0.25, 0.3) is 5.91 Å². The lowest BCUT2D eigenvalue weighted by molar-refractivity contribution is -0.140. The van der Waals surface area contributed by atoms with Gasteiger partial charge in [-0.15, -0.1) is 0 Å². The number of ether oxygens (including phenoxy) is 1. The average Bonchev–Trinajstić information content (AvgIpc) is 2.68. The molecule has 2 rings (SSSR count). The maximum atomic E-state index is 12.3. The van der Waals surface area contributed by atoms with Crippen molar-refractivity contribution in [2.24, 2.45) is 11.8 Å². The summed E-state index contributed by atoms with van der Waals surface area (Å²) in [7, 11) is 1.31. The molecule has 0 aliphatic carbocycles. The first-order valence-electron chi connectivity index (χ1n) is 9.45. The first-order valence-corrected chi connectivity index (χ1v) is 9.45. The molecular formula is C20H29N3O4. The summed E-state index contributed by atoms with van der Waals surface area (Å²) in [4.78, 5) is 35.3. The number of esters is 1. The van der Waals surface area contributed by atoms with E-state index in [1.807, 2.05) is 0 Å². The van der Waals surface area contributed by atoms with Gasteiger partial charge in [0.1, 0.15) is 0 Å². The van der Waals surface area contributed by atoms with Gasteiger partial charge in [-0.05, 0) is 62.0 Å². The second-order valence-corrected chi connectivity index (χ2v) is 7.00. The number of hydrogen-bond acceptors (Lipinski definition) is 5. The molecule has 2 atom stereocenters. The monoisotopic (exact) mass is 375 g/mol. The fourth-order valence-corrected chi connectivity index (χ4v) is 3.22. The van der Waals surface area contributed by atoms with Crippen LogP contribution >= 0.6 is 0 Å². The fourth-order valence-electron chi connectivity index (χ4n) is 3.22. The fraction of sp³-hybridized carbons (Fsp3) is 0.550. The zero-order valence-corrected chi connectivity index (χ0v) is 16.0. The highest BCUT2D eigenvalue weighted by Gasteiger charge is 2.22. The van der Waals surface area contributed by atoms with Crippen molar-refractivity contribution in [3.63, 3.8) is 0 Å². The summed E-state index contributed by atoms with van der Waals surface area (Å²) in [6.07, 6.45) is 2.95. The van der Waals surface area contributed by atoms with Crippen LogP contribution in [0.4, 0.5) is 5.69 Å². The van der Waals surface area contributed by atoms with Crippen molar-refractivity contribution in [1.29, 1.82) is 0 Å². The summed E-state index contributed by atoms with van der Waals surface area (Å²) in [6, 6.07) is 6.72. The Balaban J connectivity index is 1.77. The van der Waals surface area contributed by atoms with Gasteiger partial charge in [-0.1, -0.05) is 6.92 Å². The van der Waals surface area contributed by atoms with Crippen LogP contribution in [0.15, 0.2) is 24.3 Å². The molecular weight excluding hydrogens is 346 g/mol. The van der Waals surface area contributed by atoms with E-state index in [-0.39, 0.29) is 30.7 Å². The third kappa shape index (κ3) is 7.02. The van der Waals surface area contributed by atoms with Gasteiger partial charge in [0.05, 0.1) is 13.5 Å². The standard InChI is InChI=1S/C20H29N3O4/c1-14(16-4-3-10-21-13-16)12-18(24)23-17-7-5-15(6-8-17)20(26)22-11-9-19(25)27-2/h5-8,14,16,21H,3-4,9-13H2,1-2H3,(H,22,26)(H,23,24). The Morgan fingerprint density at radius 2 is 2.00 bits per heavy atom. The molecule has 2 amide bonds. The van der Waals surface area contributed by atoms with Crippen molar-refractivity contribution >= 4 is 23.5 Å². The zero-order valence-electron chi connectivity index (χ0n) is 16.0. The van der Waals surface area contributed by atoms with Crippen LogP contribution in [0.5, 0.6) is 0 Å². The molecule has 1 fully saturated rings. The minimum Gasteiger partial charge on any atom is -0.469 e. The van der Waals surface area contributed by atoms with Crippen molar-refractivity contribution in [3.05, 3.63) is 29.8 Å². The lowest BCUT2D eigenvalue weighted by Gasteiger charge is -2.28. The summed E-state index contributed by atoms with van der Waals surface area (Å²) in [5.41, 5.74) is 1.14. The van der Waals surface area contributed by atoms with E-state index in [2.05, 4.69) is 27.6 Å². The molecule has 1 saturated heterocycles. The molecule has 7 nitrogen and oxygen atoms in total. The number of carbonyl (C=O) groups excluding carboxylic acids is 3. The van der Waals surface area contributed by atoms with E-state index in [1.54, 1.807) is 24.3 Å². The highest BCUT2D eigenvalue weighted by atomic mass is 16.5. The molecule has 3 N–H and O–H groups in total. The summed E-state index contributed by atoms with van der Waals surface area (Å²) in [6.45, 7) is 4.39. The number of rotatable bonds is 8. The Morgan fingerprint density at radius 3 is 2.63 bits per heavy atom. The molecule has 27 heavy (non-hydrogen) atoms. The predicted octanol–water partition coefficient (Wildman–Crippen LogP) is 1.94. The van der Waals surface area contributed by atoms with Crippen molar-refractivity contribution in [2.45, 2.75) is 32.6 Å². The summed E-state index contributed by atoms with van der Waals surface area (Å²) in [5, 5.41) is 8.93. The van der Waals surface area contributed by atoms with Crippen LogP contribution in [0.1, 0.15) is 43.0 Å². The topological polar surface area (TPSA) is 96.5 Å². The van der Waals surface area contributed by atoms with Crippen LogP contribution in [0.2, 0.25) is 0 Å². The number of amides is 2. The predicted molar refractivity (Wildman–Crippen MR) is 103 cm³/mol. The molecule has 2 unspecified atom stereocenters. The molecule has 1 aliphatic rings. The van der Waals surface area contributed by atoms with Crippen LogP contribution in [0.25, 0.3) is 0 Å². The Labute approximate surface area is 160 Å². The van der Waals surface area contributed by atoms with E-state index < -0.39 is 0 Å². The van der Waals surface area contributed by atoms with E-state index in [0.29, 0.717) is 29.5 Å². The zero-order chi connectivity index (χ0) is 19.6. The second kappa shape index (κ2) is 10.7. The molecule has 1 aromatic rings. The highest BCUT2D eigenvalue weighted by Crippen LogP contribution is 2.23. The van der Waals surface area contributed by atoms with Gasteiger partial charge in [-0.2, -0.15) is 0 Å². The van der Waals surface area contributed by atoms with Gasteiger partial charge in [0.15, 0.2) is 0 Å². The molecule has 0 spiro atoms. The largest absolute Gasteiger partial charge is 0.469 e. The van der Waals surface area contributed by atoms with Gasteiger partial charge in [0.2, 0.25) is 5.91 Å². The van der Waals surface area contributed by atoms with E-state index in [1.165, 1.54) is 20.0 Å². The molecule has 7 heteroatoms. The van der Waals surface area contributed by atoms with Crippen molar-refractivity contribution in [1.82, 2.24) is 10.6 Å². The van der Waals surface area contributed by atoms with Gasteiger partial charge < -0.3 is 20.7 Å². The molecule has 1 aliphatic heterocycles. The van der Waals surface area contributed by atoms with Crippen molar-refractivity contribution in [2.75, 3.05) is 32.1 Å². The number of methoxy groups -OCH3 is 1. The van der Waals surface area contributed by atoms with Gasteiger partial charge in [-0.25, -0.2) is 0 Å². The third-order valence-electron chi connectivity index (χ3n) is 4.92. The van der Waals surface area contributed by atoms with Gasteiger partial charge >= 0.3 is 5.97 Å². The minimum absolute atomic E-state index is 0.0108. The molecule has 148 valence electrons. The number of nitrogens with one attached hydrogen (secondary N) is 3. The highest BCUT2D eigenvalue weighted by molar-refractivity contribution is 5.96. The molecule has 0 bridgehead atoms. The van der Waals surface area contributed by atoms with Crippen LogP contribution in [-0.4, -0.2) is 44.5 Å². The Bertz CT molecular complexity index is 639. The maximum Gasteiger partial charge on any atom is 0.307 e. The normalized spacial score (nSPS) is 17.6. The maximum absolute atomic E-state index is 12.3. The number of piperidine rings is 1. The van der Waals surface area contributed by atoms with Crippen LogP contribution in [-0.2, 0) is 14.3 Å². The third-order valence-corrected chi connectivity index (χ3v) is 4.92. The summed E-state index contributed by atoms with van der Waals surface area (Å²) >= 11 is 0. The van der Waals surface area contributed by atoms with Crippen molar-refractivity contribution in [3.8, 4) is 0 Å². The Hall–Kier alpha value is -2.41. The lowest BCUT2D eigenvalue weighted by atomic mass is 9.85. The minimum atomic E-state index is -0.369. The Kier molecular flexibility index (Phi) is 8.26. The molecule has 0 saturated carbocycles. The first-order chi connectivity index (χ1) is 13.0. The molecule has 0 radical (unpaired) electrons. The number of anilines is 1. The Morgan fingerprint density at radius 1 is 1.26 bits per heavy atom. The van der Waals surface area contributed by atoms with Crippen LogP contribution in [0, 0.1) is 11.8 Å². The summed E-state index contributed by atoms with van der Waals surface area (Å²) < 4.78 is 4.52. The van der Waals surface area contributed by atoms with Crippen molar-refractivity contribution < 1.29 is 19.1 Å². The second-order valence-electron chi connectivity index (χ2n) is 7.00. The first kappa shape index (κ1) is 20.9. The average molecular weight is 375 g/mol. The van der Waals surface area contributed by atoms with Crippen LogP contribution < -0.4 is 16.0 Å². The van der Waals surface area contributed by atoms with Crippen LogP contribution in [0.3, 0.4) is 0 Å². The summed E-state index contributed by atoms with van der Waals surface area (Å²) in [5.74, 6) is 0.225.